The van der Waals surface area contributed by atoms with Crippen molar-refractivity contribution in [1.82, 2.24) is 15.0 Å². The standard InChI is InChI=1S/C11H14BrN3O2S3/c1-7-9(18-6-14-7)5-15-20(16,17)10-3-8(4-13-2)19-11(10)12/h3,6,13,15H,4-5H2,1-2H3. The Balaban J connectivity index is 2.16. The molecule has 2 rings (SSSR count). The van der Waals surface area contributed by atoms with Gasteiger partial charge in [0.2, 0.25) is 10.0 Å². The van der Waals surface area contributed by atoms with Gasteiger partial charge in [-0.05, 0) is 36.0 Å². The molecule has 2 aromatic heterocycles. The molecule has 0 unspecified atom stereocenters. The summed E-state index contributed by atoms with van der Waals surface area (Å²) < 4.78 is 27.8. The highest BCUT2D eigenvalue weighted by Crippen LogP contribution is 2.31. The molecule has 20 heavy (non-hydrogen) atoms. The van der Waals surface area contributed by atoms with E-state index in [1.807, 2.05) is 14.0 Å². The average Bonchev–Trinajstić information content (AvgIpc) is 2.94. The van der Waals surface area contributed by atoms with Crippen LogP contribution in [0.4, 0.5) is 0 Å². The Bertz CT molecular complexity index is 694. The van der Waals surface area contributed by atoms with Crippen molar-refractivity contribution in [3.8, 4) is 0 Å². The topological polar surface area (TPSA) is 71.1 Å². The van der Waals surface area contributed by atoms with Crippen molar-refractivity contribution in [2.75, 3.05) is 7.05 Å². The second kappa shape index (κ2) is 6.63. The van der Waals surface area contributed by atoms with Crippen molar-refractivity contribution >= 4 is 48.6 Å². The maximum atomic E-state index is 12.3. The van der Waals surface area contributed by atoms with Crippen LogP contribution < -0.4 is 10.0 Å². The van der Waals surface area contributed by atoms with Gasteiger partial charge in [0.05, 0.1) is 15.0 Å². The lowest BCUT2D eigenvalue weighted by Crippen LogP contribution is -2.23. The first-order valence-electron chi connectivity index (χ1n) is 5.75. The maximum absolute atomic E-state index is 12.3. The van der Waals surface area contributed by atoms with Gasteiger partial charge in [-0.25, -0.2) is 18.1 Å². The highest BCUT2D eigenvalue weighted by Gasteiger charge is 2.21. The van der Waals surface area contributed by atoms with Crippen LogP contribution in [0.25, 0.3) is 0 Å². The van der Waals surface area contributed by atoms with Gasteiger partial charge in [0.25, 0.3) is 0 Å². The molecule has 0 fully saturated rings. The number of thiophene rings is 1. The zero-order valence-corrected chi connectivity index (χ0v) is 15.0. The number of aromatic nitrogens is 1. The molecule has 0 radical (unpaired) electrons. The second-order valence-corrected chi connectivity index (χ2v) is 9.20. The molecule has 0 bridgehead atoms. The normalized spacial score (nSPS) is 11.9. The van der Waals surface area contributed by atoms with E-state index in [1.54, 1.807) is 11.6 Å². The Hall–Kier alpha value is -0.320. The number of hydrogen-bond acceptors (Lipinski definition) is 6. The smallest absolute Gasteiger partial charge is 0.242 e. The van der Waals surface area contributed by atoms with Crippen molar-refractivity contribution in [2.45, 2.75) is 24.9 Å². The van der Waals surface area contributed by atoms with Crippen LogP contribution in [0.3, 0.4) is 0 Å². The molecule has 0 aromatic carbocycles. The number of nitrogens with one attached hydrogen (secondary N) is 2. The molecule has 0 aliphatic carbocycles. The zero-order valence-electron chi connectivity index (χ0n) is 10.9. The summed E-state index contributed by atoms with van der Waals surface area (Å²) in [6.45, 7) is 2.78. The Morgan fingerprint density at radius 1 is 1.40 bits per heavy atom. The summed E-state index contributed by atoms with van der Waals surface area (Å²) in [4.78, 5) is 6.28. The van der Waals surface area contributed by atoms with Crippen LogP contribution in [0.15, 0.2) is 20.3 Å². The van der Waals surface area contributed by atoms with Crippen LogP contribution in [0.2, 0.25) is 0 Å². The third-order valence-corrected chi connectivity index (χ3v) is 7.20. The van der Waals surface area contributed by atoms with E-state index in [1.165, 1.54) is 22.7 Å². The molecule has 2 heterocycles. The van der Waals surface area contributed by atoms with Gasteiger partial charge < -0.3 is 5.32 Å². The van der Waals surface area contributed by atoms with Crippen molar-refractivity contribution in [3.63, 3.8) is 0 Å². The van der Waals surface area contributed by atoms with E-state index in [9.17, 15) is 8.42 Å². The molecular formula is C11H14BrN3O2S3. The maximum Gasteiger partial charge on any atom is 0.242 e. The van der Waals surface area contributed by atoms with E-state index in [4.69, 9.17) is 0 Å². The van der Waals surface area contributed by atoms with Gasteiger partial charge in [0, 0.05) is 22.8 Å². The van der Waals surface area contributed by atoms with Crippen LogP contribution in [0.1, 0.15) is 15.4 Å². The average molecular weight is 396 g/mol. The quantitative estimate of drug-likeness (QED) is 0.787. The molecule has 110 valence electrons. The first-order valence-corrected chi connectivity index (χ1v) is 9.72. The van der Waals surface area contributed by atoms with Crippen molar-refractivity contribution in [1.29, 1.82) is 0 Å². The van der Waals surface area contributed by atoms with Crippen molar-refractivity contribution in [2.24, 2.45) is 0 Å². The third kappa shape index (κ3) is 3.66. The minimum atomic E-state index is -3.52. The number of thiazole rings is 1. The van der Waals surface area contributed by atoms with Crippen LogP contribution >= 0.6 is 38.6 Å². The van der Waals surface area contributed by atoms with Crippen LogP contribution in [0.5, 0.6) is 0 Å². The first kappa shape index (κ1) is 16.1. The minimum absolute atomic E-state index is 0.266. The van der Waals surface area contributed by atoms with E-state index in [0.717, 1.165) is 15.4 Å². The van der Waals surface area contributed by atoms with E-state index in [-0.39, 0.29) is 11.4 Å². The van der Waals surface area contributed by atoms with Gasteiger partial charge in [-0.15, -0.1) is 22.7 Å². The first-order chi connectivity index (χ1) is 9.44. The monoisotopic (exact) mass is 395 g/mol. The molecule has 0 atom stereocenters. The highest BCUT2D eigenvalue weighted by atomic mass is 79.9. The summed E-state index contributed by atoms with van der Waals surface area (Å²) in [6, 6.07) is 1.69. The van der Waals surface area contributed by atoms with E-state index in [2.05, 4.69) is 31.0 Å². The van der Waals surface area contributed by atoms with Crippen molar-refractivity contribution < 1.29 is 8.42 Å². The number of aryl methyl sites for hydroxylation is 1. The molecule has 2 aromatic rings. The largest absolute Gasteiger partial charge is 0.315 e. The predicted octanol–water partition coefficient (Wildman–Crippen LogP) is 2.47. The SMILES string of the molecule is CNCc1cc(S(=O)(=O)NCc2scnc2C)c(Br)s1. The number of hydrogen-bond donors (Lipinski definition) is 2. The molecule has 2 N–H and O–H groups in total. The lowest BCUT2D eigenvalue weighted by molar-refractivity contribution is 0.581. The zero-order chi connectivity index (χ0) is 14.8. The second-order valence-electron chi connectivity index (χ2n) is 4.07. The van der Waals surface area contributed by atoms with E-state index < -0.39 is 10.0 Å². The van der Waals surface area contributed by atoms with E-state index >= 15 is 0 Å². The number of halogens is 1. The fraction of sp³-hybridized carbons (Fsp3) is 0.364. The Labute approximate surface area is 134 Å². The number of nitrogens with zero attached hydrogens (tertiary/aromatic N) is 1. The lowest BCUT2D eigenvalue weighted by Gasteiger charge is -2.04. The van der Waals surface area contributed by atoms with Gasteiger partial charge >= 0.3 is 0 Å². The molecule has 0 aliphatic heterocycles. The number of sulfonamides is 1. The molecule has 0 aliphatic rings. The van der Waals surface area contributed by atoms with Crippen LogP contribution in [-0.4, -0.2) is 20.4 Å². The van der Waals surface area contributed by atoms with Gasteiger partial charge in [-0.1, -0.05) is 0 Å². The molecular weight excluding hydrogens is 382 g/mol. The molecule has 5 nitrogen and oxygen atoms in total. The Morgan fingerprint density at radius 3 is 2.75 bits per heavy atom. The van der Waals surface area contributed by atoms with Crippen LogP contribution in [0, 0.1) is 6.92 Å². The molecule has 9 heteroatoms. The predicted molar refractivity (Wildman–Crippen MR) is 85.7 cm³/mol. The van der Waals surface area contributed by atoms with Crippen LogP contribution in [-0.2, 0) is 23.1 Å². The van der Waals surface area contributed by atoms with Gasteiger partial charge in [0.1, 0.15) is 4.90 Å². The fourth-order valence-corrected chi connectivity index (χ4v) is 6.07. The van der Waals surface area contributed by atoms with Gasteiger partial charge in [-0.3, -0.25) is 0 Å². The minimum Gasteiger partial charge on any atom is -0.315 e. The molecule has 0 saturated carbocycles. The third-order valence-electron chi connectivity index (χ3n) is 2.61. The Kier molecular flexibility index (Phi) is 5.32. The summed E-state index contributed by atoms with van der Waals surface area (Å²) in [5, 5.41) is 3.01. The molecule has 0 saturated heterocycles. The summed E-state index contributed by atoms with van der Waals surface area (Å²) in [6.07, 6.45) is 0. The fourth-order valence-electron chi connectivity index (χ4n) is 1.58. The summed E-state index contributed by atoms with van der Waals surface area (Å²) in [5.74, 6) is 0. The summed E-state index contributed by atoms with van der Waals surface area (Å²) in [5.41, 5.74) is 2.57. The Morgan fingerprint density at radius 2 is 2.15 bits per heavy atom. The van der Waals surface area contributed by atoms with Gasteiger partial charge in [-0.2, -0.15) is 0 Å². The number of rotatable bonds is 6. The molecule has 0 amide bonds. The van der Waals surface area contributed by atoms with Crippen molar-refractivity contribution in [3.05, 3.63) is 30.8 Å². The molecule has 0 spiro atoms. The lowest BCUT2D eigenvalue weighted by atomic mass is 10.4. The summed E-state index contributed by atoms with van der Waals surface area (Å²) >= 11 is 6.18. The summed E-state index contributed by atoms with van der Waals surface area (Å²) in [7, 11) is -1.69. The van der Waals surface area contributed by atoms with Gasteiger partial charge in [0.15, 0.2) is 0 Å². The highest BCUT2D eigenvalue weighted by molar-refractivity contribution is 9.11. The van der Waals surface area contributed by atoms with E-state index in [0.29, 0.717) is 10.3 Å².